The Morgan fingerprint density at radius 2 is 1.83 bits per heavy atom. The zero-order chi connectivity index (χ0) is 13.6. The van der Waals surface area contributed by atoms with E-state index < -0.39 is 0 Å². The first-order chi connectivity index (χ1) is 8.46. The van der Waals surface area contributed by atoms with E-state index in [1.165, 1.54) is 24.0 Å². The summed E-state index contributed by atoms with van der Waals surface area (Å²) < 4.78 is 0. The molecule has 102 valence electrons. The summed E-state index contributed by atoms with van der Waals surface area (Å²) in [5, 5.41) is 3.39. The maximum Gasteiger partial charge on any atom is 0.0318 e. The number of rotatable bonds is 7. The lowest BCUT2D eigenvalue weighted by Gasteiger charge is -2.23. The van der Waals surface area contributed by atoms with E-state index in [2.05, 4.69) is 50.4 Å². The van der Waals surface area contributed by atoms with Crippen molar-refractivity contribution in [3.8, 4) is 0 Å². The molecule has 0 saturated heterocycles. The van der Waals surface area contributed by atoms with Crippen LogP contribution in [0.2, 0.25) is 0 Å². The van der Waals surface area contributed by atoms with Crippen LogP contribution in [0.25, 0.3) is 0 Å². The standard InChI is InChI=1S/C16H28N2/c1-5-6-13-7-9-14(10-8-13)15(18-4)11-12-16(2,3)17/h7-10,15,18H,5-6,11-12,17H2,1-4H3. The molecule has 0 spiro atoms. The van der Waals surface area contributed by atoms with Crippen LogP contribution in [-0.2, 0) is 6.42 Å². The molecule has 1 atom stereocenters. The van der Waals surface area contributed by atoms with E-state index in [0.29, 0.717) is 6.04 Å². The summed E-state index contributed by atoms with van der Waals surface area (Å²) in [7, 11) is 2.02. The zero-order valence-electron chi connectivity index (χ0n) is 12.3. The smallest absolute Gasteiger partial charge is 0.0318 e. The molecular weight excluding hydrogens is 220 g/mol. The van der Waals surface area contributed by atoms with Crippen LogP contribution in [0.1, 0.15) is 57.2 Å². The van der Waals surface area contributed by atoms with Gasteiger partial charge in [-0.15, -0.1) is 0 Å². The molecule has 0 saturated carbocycles. The highest BCUT2D eigenvalue weighted by Crippen LogP contribution is 2.22. The van der Waals surface area contributed by atoms with Gasteiger partial charge in [0.2, 0.25) is 0 Å². The molecule has 1 aromatic carbocycles. The van der Waals surface area contributed by atoms with Crippen LogP contribution in [0.5, 0.6) is 0 Å². The van der Waals surface area contributed by atoms with Gasteiger partial charge in [0, 0.05) is 11.6 Å². The Labute approximate surface area is 112 Å². The van der Waals surface area contributed by atoms with Crippen LogP contribution in [0.4, 0.5) is 0 Å². The van der Waals surface area contributed by atoms with Crippen LogP contribution in [0.3, 0.4) is 0 Å². The summed E-state index contributed by atoms with van der Waals surface area (Å²) in [5.41, 5.74) is 8.76. The lowest BCUT2D eigenvalue weighted by molar-refractivity contribution is 0.411. The molecule has 0 amide bonds. The number of aryl methyl sites for hydroxylation is 1. The summed E-state index contributed by atoms with van der Waals surface area (Å²) in [5.74, 6) is 0. The van der Waals surface area contributed by atoms with Crippen LogP contribution in [0.15, 0.2) is 24.3 Å². The SMILES string of the molecule is CCCc1ccc(C(CCC(C)(C)N)NC)cc1. The maximum absolute atomic E-state index is 6.05. The third-order valence-electron chi connectivity index (χ3n) is 3.35. The Balaban J connectivity index is 2.64. The summed E-state index contributed by atoms with van der Waals surface area (Å²) >= 11 is 0. The van der Waals surface area contributed by atoms with E-state index in [9.17, 15) is 0 Å². The first kappa shape index (κ1) is 15.2. The third-order valence-corrected chi connectivity index (χ3v) is 3.35. The van der Waals surface area contributed by atoms with E-state index in [-0.39, 0.29) is 5.54 Å². The molecule has 0 aliphatic heterocycles. The van der Waals surface area contributed by atoms with Crippen molar-refractivity contribution in [2.75, 3.05) is 7.05 Å². The summed E-state index contributed by atoms with van der Waals surface area (Å²) in [6, 6.07) is 9.39. The Bertz CT molecular complexity index is 335. The second kappa shape index (κ2) is 6.91. The van der Waals surface area contributed by atoms with Crippen molar-refractivity contribution in [3.63, 3.8) is 0 Å². The number of benzene rings is 1. The molecule has 0 bridgehead atoms. The molecular formula is C16H28N2. The molecule has 0 aromatic heterocycles. The molecule has 18 heavy (non-hydrogen) atoms. The molecule has 3 N–H and O–H groups in total. The first-order valence-electron chi connectivity index (χ1n) is 7.01. The van der Waals surface area contributed by atoms with Crippen molar-refractivity contribution in [2.24, 2.45) is 5.73 Å². The summed E-state index contributed by atoms with van der Waals surface area (Å²) in [4.78, 5) is 0. The van der Waals surface area contributed by atoms with Crippen molar-refractivity contribution in [2.45, 2.75) is 58.0 Å². The average Bonchev–Trinajstić information content (AvgIpc) is 2.31. The van der Waals surface area contributed by atoms with Crippen LogP contribution in [0, 0.1) is 0 Å². The number of hydrogen-bond acceptors (Lipinski definition) is 2. The predicted octanol–water partition coefficient (Wildman–Crippen LogP) is 3.42. The van der Waals surface area contributed by atoms with Crippen molar-refractivity contribution in [3.05, 3.63) is 35.4 Å². The minimum absolute atomic E-state index is 0.0861. The van der Waals surface area contributed by atoms with E-state index in [4.69, 9.17) is 5.73 Å². The summed E-state index contributed by atoms with van der Waals surface area (Å²) in [6.45, 7) is 6.39. The summed E-state index contributed by atoms with van der Waals surface area (Å²) in [6.07, 6.45) is 4.47. The predicted molar refractivity (Wildman–Crippen MR) is 79.7 cm³/mol. The van der Waals surface area contributed by atoms with Crippen LogP contribution >= 0.6 is 0 Å². The second-order valence-electron chi connectivity index (χ2n) is 5.86. The number of hydrogen-bond donors (Lipinski definition) is 2. The minimum atomic E-state index is -0.0861. The van der Waals surface area contributed by atoms with Crippen LogP contribution < -0.4 is 11.1 Å². The number of nitrogens with two attached hydrogens (primary N) is 1. The van der Waals surface area contributed by atoms with Crippen molar-refractivity contribution in [1.29, 1.82) is 0 Å². The fourth-order valence-corrected chi connectivity index (χ4v) is 2.20. The van der Waals surface area contributed by atoms with E-state index >= 15 is 0 Å². The first-order valence-corrected chi connectivity index (χ1v) is 7.01. The molecule has 1 aromatic rings. The van der Waals surface area contributed by atoms with Gasteiger partial charge in [-0.2, -0.15) is 0 Å². The maximum atomic E-state index is 6.05. The lowest BCUT2D eigenvalue weighted by Crippen LogP contribution is -2.33. The fourth-order valence-electron chi connectivity index (χ4n) is 2.20. The molecule has 0 fully saturated rings. The van der Waals surface area contributed by atoms with E-state index in [0.717, 1.165) is 12.8 Å². The molecule has 0 heterocycles. The fraction of sp³-hybridized carbons (Fsp3) is 0.625. The molecule has 0 radical (unpaired) electrons. The normalized spacial score (nSPS) is 13.6. The molecule has 1 rings (SSSR count). The molecule has 2 nitrogen and oxygen atoms in total. The monoisotopic (exact) mass is 248 g/mol. The highest BCUT2D eigenvalue weighted by atomic mass is 14.9. The topological polar surface area (TPSA) is 38.0 Å². The van der Waals surface area contributed by atoms with Gasteiger partial charge in [0.05, 0.1) is 0 Å². The highest BCUT2D eigenvalue weighted by Gasteiger charge is 2.15. The molecule has 0 aliphatic carbocycles. The van der Waals surface area contributed by atoms with E-state index in [1.807, 2.05) is 7.05 Å². The molecule has 0 aliphatic rings. The Morgan fingerprint density at radius 3 is 2.28 bits per heavy atom. The third kappa shape index (κ3) is 5.19. The number of nitrogens with one attached hydrogen (secondary N) is 1. The highest BCUT2D eigenvalue weighted by molar-refractivity contribution is 5.25. The van der Waals surface area contributed by atoms with Gasteiger partial charge in [-0.05, 0) is 51.3 Å². The van der Waals surface area contributed by atoms with E-state index in [1.54, 1.807) is 0 Å². The van der Waals surface area contributed by atoms with Gasteiger partial charge in [0.25, 0.3) is 0 Å². The quantitative estimate of drug-likeness (QED) is 0.776. The van der Waals surface area contributed by atoms with Gasteiger partial charge in [-0.25, -0.2) is 0 Å². The minimum Gasteiger partial charge on any atom is -0.326 e. The van der Waals surface area contributed by atoms with Gasteiger partial charge < -0.3 is 11.1 Å². The van der Waals surface area contributed by atoms with Gasteiger partial charge in [0.1, 0.15) is 0 Å². The Morgan fingerprint density at radius 1 is 1.22 bits per heavy atom. The van der Waals surface area contributed by atoms with Crippen molar-refractivity contribution < 1.29 is 0 Å². The second-order valence-corrected chi connectivity index (χ2v) is 5.86. The van der Waals surface area contributed by atoms with Crippen molar-refractivity contribution in [1.82, 2.24) is 5.32 Å². The Hall–Kier alpha value is -0.860. The van der Waals surface area contributed by atoms with Crippen LogP contribution in [-0.4, -0.2) is 12.6 Å². The van der Waals surface area contributed by atoms with Crippen molar-refractivity contribution >= 4 is 0 Å². The van der Waals surface area contributed by atoms with Gasteiger partial charge >= 0.3 is 0 Å². The van der Waals surface area contributed by atoms with Gasteiger partial charge in [-0.1, -0.05) is 37.6 Å². The lowest BCUT2D eigenvalue weighted by atomic mass is 9.93. The Kier molecular flexibility index (Phi) is 5.83. The average molecular weight is 248 g/mol. The van der Waals surface area contributed by atoms with Gasteiger partial charge in [-0.3, -0.25) is 0 Å². The van der Waals surface area contributed by atoms with Gasteiger partial charge in [0.15, 0.2) is 0 Å². The zero-order valence-corrected chi connectivity index (χ0v) is 12.3. The molecule has 2 heteroatoms. The largest absolute Gasteiger partial charge is 0.326 e. The molecule has 1 unspecified atom stereocenters.